The lowest BCUT2D eigenvalue weighted by Gasteiger charge is -2.26. The lowest BCUT2D eigenvalue weighted by atomic mass is 9.91. The maximum absolute atomic E-state index is 12.0. The van der Waals surface area contributed by atoms with Gasteiger partial charge in [0.25, 0.3) is 0 Å². The van der Waals surface area contributed by atoms with Gasteiger partial charge in [-0.1, -0.05) is 24.3 Å². The molecule has 0 radical (unpaired) electrons. The van der Waals surface area contributed by atoms with Gasteiger partial charge in [-0.15, -0.1) is 0 Å². The fourth-order valence-corrected chi connectivity index (χ4v) is 2.70. The van der Waals surface area contributed by atoms with Gasteiger partial charge < -0.3 is 25.2 Å². The number of benzene rings is 1. The first kappa shape index (κ1) is 24.8. The minimum atomic E-state index is -0.585. The van der Waals surface area contributed by atoms with Crippen molar-refractivity contribution < 1.29 is 24.2 Å². The van der Waals surface area contributed by atoms with Crippen LogP contribution in [0.4, 0.5) is 9.59 Å². The number of carbonyl (C=O) groups excluding carboxylic acids is 2. The van der Waals surface area contributed by atoms with E-state index >= 15 is 0 Å². The summed E-state index contributed by atoms with van der Waals surface area (Å²) in [6.07, 6.45) is -0.450. The van der Waals surface area contributed by atoms with Crippen LogP contribution >= 0.6 is 0 Å². The van der Waals surface area contributed by atoms with Crippen molar-refractivity contribution >= 4 is 12.2 Å². The summed E-state index contributed by atoms with van der Waals surface area (Å²) in [5, 5.41) is 15.4. The SMILES string of the molecule is C[C@@H](NC(=O)OC(C)(C)C)[C@H](CO)Cc1ccccc1CNC(=O)OC(C)(C)C. The predicted molar refractivity (Wildman–Crippen MR) is 113 cm³/mol. The number of aliphatic hydroxyl groups excluding tert-OH is 1. The van der Waals surface area contributed by atoms with Gasteiger partial charge >= 0.3 is 12.2 Å². The number of ether oxygens (including phenoxy) is 2. The van der Waals surface area contributed by atoms with E-state index in [1.807, 2.05) is 52.0 Å². The van der Waals surface area contributed by atoms with Crippen LogP contribution in [-0.4, -0.2) is 41.1 Å². The van der Waals surface area contributed by atoms with Gasteiger partial charge in [0.2, 0.25) is 0 Å². The van der Waals surface area contributed by atoms with Crippen molar-refractivity contribution in [3.8, 4) is 0 Å². The Balaban J connectivity index is 2.75. The van der Waals surface area contributed by atoms with E-state index in [1.54, 1.807) is 20.8 Å². The number of aliphatic hydroxyl groups is 1. The van der Waals surface area contributed by atoms with Gasteiger partial charge in [0.1, 0.15) is 11.2 Å². The van der Waals surface area contributed by atoms with Crippen LogP contribution in [0.1, 0.15) is 59.6 Å². The Kier molecular flexibility index (Phi) is 8.95. The molecule has 0 unspecified atom stereocenters. The minimum Gasteiger partial charge on any atom is -0.444 e. The maximum atomic E-state index is 12.0. The van der Waals surface area contributed by atoms with Crippen molar-refractivity contribution in [3.05, 3.63) is 35.4 Å². The summed E-state index contributed by atoms with van der Waals surface area (Å²) >= 11 is 0. The Morgan fingerprint density at radius 1 is 0.966 bits per heavy atom. The van der Waals surface area contributed by atoms with Crippen molar-refractivity contribution in [2.45, 2.75) is 78.7 Å². The quantitative estimate of drug-likeness (QED) is 0.638. The number of alkyl carbamates (subject to hydrolysis) is 2. The van der Waals surface area contributed by atoms with Crippen LogP contribution in [0.5, 0.6) is 0 Å². The highest BCUT2D eigenvalue weighted by Crippen LogP contribution is 2.18. The van der Waals surface area contributed by atoms with Crippen LogP contribution in [0, 0.1) is 5.92 Å². The highest BCUT2D eigenvalue weighted by Gasteiger charge is 2.23. The molecular formula is C22H36N2O5. The summed E-state index contributed by atoms with van der Waals surface area (Å²) in [7, 11) is 0. The maximum Gasteiger partial charge on any atom is 0.407 e. The monoisotopic (exact) mass is 408 g/mol. The largest absolute Gasteiger partial charge is 0.444 e. The van der Waals surface area contributed by atoms with E-state index in [9.17, 15) is 14.7 Å². The number of nitrogens with one attached hydrogen (secondary N) is 2. The van der Waals surface area contributed by atoms with Gasteiger partial charge in [0, 0.05) is 25.1 Å². The van der Waals surface area contributed by atoms with Crippen molar-refractivity contribution in [1.29, 1.82) is 0 Å². The van der Waals surface area contributed by atoms with Gasteiger partial charge in [-0.25, -0.2) is 9.59 Å². The first-order chi connectivity index (χ1) is 13.3. The molecule has 0 aliphatic heterocycles. The molecule has 0 aromatic heterocycles. The highest BCUT2D eigenvalue weighted by atomic mass is 16.6. The molecule has 2 amide bonds. The van der Waals surface area contributed by atoms with E-state index in [1.165, 1.54) is 0 Å². The number of amides is 2. The molecule has 0 fully saturated rings. The molecule has 164 valence electrons. The van der Waals surface area contributed by atoms with Crippen LogP contribution in [0.2, 0.25) is 0 Å². The summed E-state index contributed by atoms with van der Waals surface area (Å²) < 4.78 is 10.6. The second-order valence-electron chi connectivity index (χ2n) is 9.21. The fraction of sp³-hybridized carbons (Fsp3) is 0.636. The third kappa shape index (κ3) is 10.2. The fourth-order valence-electron chi connectivity index (χ4n) is 2.70. The van der Waals surface area contributed by atoms with Crippen LogP contribution in [0.3, 0.4) is 0 Å². The zero-order chi connectivity index (χ0) is 22.2. The molecule has 0 aliphatic carbocycles. The second kappa shape index (κ2) is 10.5. The normalized spacial score (nSPS) is 13.9. The Labute approximate surface area is 174 Å². The van der Waals surface area contributed by atoms with E-state index < -0.39 is 23.4 Å². The van der Waals surface area contributed by atoms with Gasteiger partial charge in [-0.05, 0) is 66.0 Å². The highest BCUT2D eigenvalue weighted by molar-refractivity contribution is 5.68. The number of hydrogen-bond acceptors (Lipinski definition) is 5. The lowest BCUT2D eigenvalue weighted by Crippen LogP contribution is -2.43. The standard InChI is InChI=1S/C22H36N2O5/c1-15(24-20(27)29-22(5,6)7)18(14-25)12-16-10-8-9-11-17(16)13-23-19(26)28-21(2,3)4/h8-11,15,18,25H,12-14H2,1-7H3,(H,23,26)(H,24,27)/t15-,18+/m1/s1. The molecule has 0 spiro atoms. The van der Waals surface area contributed by atoms with E-state index in [-0.39, 0.29) is 18.6 Å². The van der Waals surface area contributed by atoms with Crippen LogP contribution in [-0.2, 0) is 22.4 Å². The molecule has 0 bridgehead atoms. The molecule has 29 heavy (non-hydrogen) atoms. The van der Waals surface area contributed by atoms with Gasteiger partial charge in [0.05, 0.1) is 0 Å². The Morgan fingerprint density at radius 2 is 1.48 bits per heavy atom. The van der Waals surface area contributed by atoms with Crippen LogP contribution in [0.15, 0.2) is 24.3 Å². The summed E-state index contributed by atoms with van der Waals surface area (Å²) in [5.74, 6) is -0.204. The summed E-state index contributed by atoms with van der Waals surface area (Å²) in [5.41, 5.74) is 0.772. The third-order valence-electron chi connectivity index (χ3n) is 4.11. The van der Waals surface area contributed by atoms with Crippen molar-refractivity contribution in [2.24, 2.45) is 5.92 Å². The second-order valence-corrected chi connectivity index (χ2v) is 9.21. The predicted octanol–water partition coefficient (Wildman–Crippen LogP) is 3.78. The van der Waals surface area contributed by atoms with E-state index in [2.05, 4.69) is 10.6 Å². The molecular weight excluding hydrogens is 372 g/mol. The molecule has 3 N–H and O–H groups in total. The lowest BCUT2D eigenvalue weighted by molar-refractivity contribution is 0.0474. The van der Waals surface area contributed by atoms with E-state index in [0.717, 1.165) is 11.1 Å². The molecule has 1 aromatic rings. The zero-order valence-corrected chi connectivity index (χ0v) is 18.7. The topological polar surface area (TPSA) is 96.9 Å². The molecule has 2 atom stereocenters. The minimum absolute atomic E-state index is 0.0925. The van der Waals surface area contributed by atoms with Gasteiger partial charge in [-0.3, -0.25) is 0 Å². The first-order valence-corrected chi connectivity index (χ1v) is 9.94. The average molecular weight is 409 g/mol. The van der Waals surface area contributed by atoms with E-state index in [0.29, 0.717) is 13.0 Å². The van der Waals surface area contributed by atoms with Gasteiger partial charge in [-0.2, -0.15) is 0 Å². The summed E-state index contributed by atoms with van der Waals surface area (Å²) in [6.45, 7) is 12.9. The molecule has 0 heterocycles. The molecule has 0 aliphatic rings. The zero-order valence-electron chi connectivity index (χ0n) is 18.7. The van der Waals surface area contributed by atoms with E-state index in [4.69, 9.17) is 9.47 Å². The third-order valence-corrected chi connectivity index (χ3v) is 4.11. The molecule has 0 saturated carbocycles. The first-order valence-electron chi connectivity index (χ1n) is 9.94. The number of rotatable bonds is 7. The molecule has 0 saturated heterocycles. The Bertz CT molecular complexity index is 677. The Hall–Kier alpha value is -2.28. The van der Waals surface area contributed by atoms with Crippen LogP contribution < -0.4 is 10.6 Å². The molecule has 7 nitrogen and oxygen atoms in total. The number of carbonyl (C=O) groups is 2. The van der Waals surface area contributed by atoms with Crippen molar-refractivity contribution in [3.63, 3.8) is 0 Å². The molecule has 7 heteroatoms. The Morgan fingerprint density at radius 3 is 2.00 bits per heavy atom. The summed E-state index contributed by atoms with van der Waals surface area (Å²) in [6, 6.07) is 7.39. The van der Waals surface area contributed by atoms with Crippen molar-refractivity contribution in [1.82, 2.24) is 10.6 Å². The number of hydrogen-bond donors (Lipinski definition) is 3. The van der Waals surface area contributed by atoms with Crippen molar-refractivity contribution in [2.75, 3.05) is 6.61 Å². The van der Waals surface area contributed by atoms with Gasteiger partial charge in [0.15, 0.2) is 0 Å². The molecule has 1 aromatic carbocycles. The van der Waals surface area contributed by atoms with Crippen LogP contribution in [0.25, 0.3) is 0 Å². The summed E-state index contributed by atoms with van der Waals surface area (Å²) in [4.78, 5) is 24.0. The average Bonchev–Trinajstić information content (AvgIpc) is 2.55. The molecule has 1 rings (SSSR count). The smallest absolute Gasteiger partial charge is 0.407 e.